The zero-order chi connectivity index (χ0) is 23.0. The molecule has 0 heteroatoms. The van der Waals surface area contributed by atoms with Crippen LogP contribution in [0.4, 0.5) is 0 Å². The maximum atomic E-state index is 2.22. The summed E-state index contributed by atoms with van der Waals surface area (Å²) in [6, 6.07) is 46.8. The van der Waals surface area contributed by atoms with Crippen molar-refractivity contribution in [2.45, 2.75) is 0 Å². The Kier molecular flexibility index (Phi) is 6.59. The Morgan fingerprint density at radius 3 is 1.00 bits per heavy atom. The summed E-state index contributed by atoms with van der Waals surface area (Å²) in [7, 11) is 0. The third-order valence-electron chi connectivity index (χ3n) is 5.94. The van der Waals surface area contributed by atoms with Crippen molar-refractivity contribution in [2.75, 3.05) is 0 Å². The second-order valence-corrected chi connectivity index (χ2v) is 8.21. The second kappa shape index (κ2) is 10.5. The first kappa shape index (κ1) is 21.4. The maximum Gasteiger partial charge on any atom is -0.00992 e. The van der Waals surface area contributed by atoms with Crippen molar-refractivity contribution in [1.29, 1.82) is 0 Å². The van der Waals surface area contributed by atoms with E-state index < -0.39 is 0 Å². The fraction of sp³-hybridized carbons (Fsp3) is 0. The number of benzene rings is 5. The molecule has 0 saturated carbocycles. The lowest BCUT2D eigenvalue weighted by Gasteiger charge is -2.15. The summed E-state index contributed by atoms with van der Waals surface area (Å²) in [6.45, 7) is 0. The summed E-state index contributed by atoms with van der Waals surface area (Å²) >= 11 is 0. The van der Waals surface area contributed by atoms with Gasteiger partial charge in [0.05, 0.1) is 0 Å². The Morgan fingerprint density at radius 1 is 0.265 bits per heavy atom. The van der Waals surface area contributed by atoms with Gasteiger partial charge < -0.3 is 0 Å². The average Bonchev–Trinajstić information content (AvgIpc) is 2.92. The van der Waals surface area contributed by atoms with Crippen LogP contribution in [0.15, 0.2) is 133 Å². The molecule has 0 radical (unpaired) electrons. The zero-order valence-electron chi connectivity index (χ0n) is 19.0. The van der Waals surface area contributed by atoms with Crippen LogP contribution in [0, 0.1) is 0 Å². The molecule has 0 aliphatic carbocycles. The Labute approximate surface area is 202 Å². The lowest BCUT2D eigenvalue weighted by molar-refractivity contribution is 1.55. The van der Waals surface area contributed by atoms with Gasteiger partial charge in [0.25, 0.3) is 0 Å². The minimum absolute atomic E-state index is 1.20. The molecule has 0 saturated heterocycles. The zero-order valence-corrected chi connectivity index (χ0v) is 19.0. The molecule has 5 rings (SSSR count). The van der Waals surface area contributed by atoms with E-state index in [0.717, 1.165) is 0 Å². The summed E-state index contributed by atoms with van der Waals surface area (Å²) in [5, 5.41) is 0. The van der Waals surface area contributed by atoms with Crippen LogP contribution >= 0.6 is 0 Å². The van der Waals surface area contributed by atoms with Crippen LogP contribution in [0.5, 0.6) is 0 Å². The van der Waals surface area contributed by atoms with Crippen molar-refractivity contribution < 1.29 is 0 Å². The van der Waals surface area contributed by atoms with E-state index in [2.05, 4.69) is 146 Å². The van der Waals surface area contributed by atoms with Crippen molar-refractivity contribution in [3.8, 4) is 22.3 Å². The van der Waals surface area contributed by atoms with Crippen LogP contribution in [-0.4, -0.2) is 0 Å². The van der Waals surface area contributed by atoms with Gasteiger partial charge in [-0.15, -0.1) is 0 Å². The molecule has 0 heterocycles. The smallest absolute Gasteiger partial charge is 0.00992 e. The summed E-state index contributed by atoms with van der Waals surface area (Å²) in [6.07, 6.45) is 8.78. The molecule has 0 spiro atoms. The van der Waals surface area contributed by atoms with E-state index in [9.17, 15) is 0 Å². The first-order chi connectivity index (χ1) is 16.9. The second-order valence-electron chi connectivity index (χ2n) is 8.21. The molecule has 0 aromatic heterocycles. The van der Waals surface area contributed by atoms with E-state index in [1.807, 2.05) is 12.1 Å². The molecule has 0 aliphatic heterocycles. The van der Waals surface area contributed by atoms with Gasteiger partial charge >= 0.3 is 0 Å². The van der Waals surface area contributed by atoms with Crippen LogP contribution < -0.4 is 0 Å². The number of hydrogen-bond donors (Lipinski definition) is 0. The predicted octanol–water partition coefficient (Wildman–Crippen LogP) is 9.36. The van der Waals surface area contributed by atoms with Crippen molar-refractivity contribution in [3.05, 3.63) is 156 Å². The van der Waals surface area contributed by atoms with Gasteiger partial charge in [-0.25, -0.2) is 0 Å². The highest BCUT2D eigenvalue weighted by molar-refractivity contribution is 5.92. The topological polar surface area (TPSA) is 0 Å². The lowest BCUT2D eigenvalue weighted by Crippen LogP contribution is -1.90. The van der Waals surface area contributed by atoms with Gasteiger partial charge in [0, 0.05) is 0 Å². The van der Waals surface area contributed by atoms with Gasteiger partial charge in [-0.3, -0.25) is 0 Å². The van der Waals surface area contributed by atoms with Crippen molar-refractivity contribution in [2.24, 2.45) is 0 Å². The highest BCUT2D eigenvalue weighted by Gasteiger charge is 2.11. The minimum atomic E-state index is 1.20. The molecular formula is C34H26. The van der Waals surface area contributed by atoms with Gasteiger partial charge in [-0.05, 0) is 44.5 Å². The normalized spacial score (nSPS) is 11.3. The van der Waals surface area contributed by atoms with Crippen LogP contribution in [0.1, 0.15) is 22.3 Å². The monoisotopic (exact) mass is 434 g/mol. The Balaban J connectivity index is 1.57. The van der Waals surface area contributed by atoms with Gasteiger partial charge in [0.1, 0.15) is 0 Å². The van der Waals surface area contributed by atoms with E-state index in [4.69, 9.17) is 0 Å². The molecule has 162 valence electrons. The van der Waals surface area contributed by atoms with Gasteiger partial charge in [-0.2, -0.15) is 0 Å². The molecule has 0 atom stereocenters. The average molecular weight is 435 g/mol. The molecule has 0 unspecified atom stereocenters. The SMILES string of the molecule is C(=Cc1ccccc1-c1ccccc1-c1ccccc1C=Cc1ccccc1)c1ccccc1. The van der Waals surface area contributed by atoms with Crippen LogP contribution in [-0.2, 0) is 0 Å². The fourth-order valence-corrected chi connectivity index (χ4v) is 4.23. The third-order valence-corrected chi connectivity index (χ3v) is 5.94. The van der Waals surface area contributed by atoms with E-state index in [-0.39, 0.29) is 0 Å². The molecule has 0 aliphatic rings. The first-order valence-corrected chi connectivity index (χ1v) is 11.6. The Hall–Kier alpha value is -4.42. The summed E-state index contributed by atoms with van der Waals surface area (Å²) < 4.78 is 0. The fourth-order valence-electron chi connectivity index (χ4n) is 4.23. The van der Waals surface area contributed by atoms with Crippen LogP contribution in [0.25, 0.3) is 46.6 Å². The molecule has 0 amide bonds. The van der Waals surface area contributed by atoms with Crippen molar-refractivity contribution in [3.63, 3.8) is 0 Å². The third kappa shape index (κ3) is 4.98. The Morgan fingerprint density at radius 2 is 0.588 bits per heavy atom. The highest BCUT2D eigenvalue weighted by atomic mass is 14.1. The summed E-state index contributed by atoms with van der Waals surface area (Å²) in [4.78, 5) is 0. The summed E-state index contributed by atoms with van der Waals surface area (Å²) in [5.41, 5.74) is 9.73. The highest BCUT2D eigenvalue weighted by Crippen LogP contribution is 2.36. The van der Waals surface area contributed by atoms with Gasteiger partial charge in [0.15, 0.2) is 0 Å². The van der Waals surface area contributed by atoms with E-state index in [0.29, 0.717) is 0 Å². The molecule has 5 aromatic carbocycles. The van der Waals surface area contributed by atoms with Crippen LogP contribution in [0.3, 0.4) is 0 Å². The molecule has 0 fully saturated rings. The van der Waals surface area contributed by atoms with E-state index in [1.54, 1.807) is 0 Å². The standard InChI is InChI=1S/C34H26/c1-3-13-27(14-4-1)23-25-29-17-7-9-19-31(29)33-21-11-12-22-34(33)32-20-10-8-18-30(32)26-24-28-15-5-2-6-16-28/h1-26H. The van der Waals surface area contributed by atoms with E-state index in [1.165, 1.54) is 44.5 Å². The predicted molar refractivity (Wildman–Crippen MR) is 148 cm³/mol. The van der Waals surface area contributed by atoms with E-state index >= 15 is 0 Å². The molecular weight excluding hydrogens is 408 g/mol. The molecule has 5 aromatic rings. The largest absolute Gasteiger partial charge is 0.0622 e. The quantitative estimate of drug-likeness (QED) is 0.234. The molecule has 0 nitrogen and oxygen atoms in total. The van der Waals surface area contributed by atoms with Crippen molar-refractivity contribution >= 4 is 24.3 Å². The van der Waals surface area contributed by atoms with Gasteiger partial charge in [-0.1, -0.05) is 158 Å². The molecule has 34 heavy (non-hydrogen) atoms. The summed E-state index contributed by atoms with van der Waals surface area (Å²) in [5.74, 6) is 0. The van der Waals surface area contributed by atoms with Gasteiger partial charge in [0.2, 0.25) is 0 Å². The maximum absolute atomic E-state index is 2.22. The lowest BCUT2D eigenvalue weighted by atomic mass is 9.89. The van der Waals surface area contributed by atoms with Crippen molar-refractivity contribution in [1.82, 2.24) is 0 Å². The minimum Gasteiger partial charge on any atom is -0.0622 e. The first-order valence-electron chi connectivity index (χ1n) is 11.6. The number of hydrogen-bond acceptors (Lipinski definition) is 0. The number of rotatable bonds is 6. The molecule has 0 N–H and O–H groups in total. The Bertz CT molecular complexity index is 1310. The molecule has 0 bridgehead atoms. The van der Waals surface area contributed by atoms with Crippen LogP contribution in [0.2, 0.25) is 0 Å².